The van der Waals surface area contributed by atoms with Crippen LogP contribution in [0.25, 0.3) is 11.0 Å². The van der Waals surface area contributed by atoms with Crippen molar-refractivity contribution < 1.29 is 4.79 Å². The number of carbonyl (C=O) groups excluding carboxylic acids is 1. The first kappa shape index (κ1) is 15.8. The minimum Gasteiger partial charge on any atom is -0.338 e. The second-order valence-electron chi connectivity index (χ2n) is 5.46. The highest BCUT2D eigenvalue weighted by Crippen LogP contribution is 2.19. The van der Waals surface area contributed by atoms with E-state index in [0.29, 0.717) is 6.04 Å². The summed E-state index contributed by atoms with van der Waals surface area (Å²) in [6, 6.07) is 8.06. The maximum Gasteiger partial charge on any atom is 0.245 e. The van der Waals surface area contributed by atoms with Gasteiger partial charge in [-0.2, -0.15) is 0 Å². The molecule has 21 heavy (non-hydrogen) atoms. The minimum absolute atomic E-state index is 0. The average Bonchev–Trinajstić information content (AvgIpc) is 2.89. The summed E-state index contributed by atoms with van der Waals surface area (Å²) in [6.07, 6.45) is 1.76. The van der Waals surface area contributed by atoms with Crippen molar-refractivity contribution in [2.24, 2.45) is 0 Å². The molecule has 2 aromatic rings. The van der Waals surface area contributed by atoms with Crippen LogP contribution < -0.4 is 5.32 Å². The lowest BCUT2D eigenvalue weighted by molar-refractivity contribution is -0.135. The number of hydrogen-bond donors (Lipinski definition) is 1. The van der Waals surface area contributed by atoms with Crippen LogP contribution >= 0.6 is 12.4 Å². The fourth-order valence-electron chi connectivity index (χ4n) is 2.80. The van der Waals surface area contributed by atoms with Crippen molar-refractivity contribution in [1.29, 1.82) is 0 Å². The molecule has 1 aromatic heterocycles. The summed E-state index contributed by atoms with van der Waals surface area (Å²) in [4.78, 5) is 18.9. The first-order valence-electron chi connectivity index (χ1n) is 7.10. The van der Waals surface area contributed by atoms with E-state index in [0.717, 1.165) is 30.7 Å². The quantitative estimate of drug-likeness (QED) is 0.921. The molecule has 2 heterocycles. The topological polar surface area (TPSA) is 50.2 Å². The van der Waals surface area contributed by atoms with Crippen molar-refractivity contribution in [2.45, 2.75) is 25.9 Å². The molecular weight excluding hydrogens is 288 g/mol. The van der Waals surface area contributed by atoms with Crippen LogP contribution in [0.4, 0.5) is 0 Å². The maximum absolute atomic E-state index is 12.6. The molecule has 0 radical (unpaired) electrons. The summed E-state index contributed by atoms with van der Waals surface area (Å²) in [5.41, 5.74) is 1.94. The van der Waals surface area contributed by atoms with Gasteiger partial charge in [0.15, 0.2) is 0 Å². The van der Waals surface area contributed by atoms with Crippen molar-refractivity contribution in [2.75, 3.05) is 19.6 Å². The highest BCUT2D eigenvalue weighted by Gasteiger charge is 2.26. The zero-order valence-corrected chi connectivity index (χ0v) is 13.1. The molecule has 1 saturated heterocycles. The summed E-state index contributed by atoms with van der Waals surface area (Å²) in [5.74, 6) is 0.168. The number of aromatic nitrogens is 2. The van der Waals surface area contributed by atoms with Crippen LogP contribution in [-0.2, 0) is 4.79 Å². The number of piperazine rings is 1. The Bertz CT molecular complexity index is 627. The number of para-hydroxylation sites is 2. The third-order valence-electron chi connectivity index (χ3n) is 3.94. The molecule has 5 nitrogen and oxygen atoms in total. The fourth-order valence-corrected chi connectivity index (χ4v) is 2.80. The van der Waals surface area contributed by atoms with Crippen LogP contribution in [0.3, 0.4) is 0 Å². The Morgan fingerprint density at radius 1 is 1.43 bits per heavy atom. The van der Waals surface area contributed by atoms with E-state index in [-0.39, 0.29) is 24.4 Å². The van der Waals surface area contributed by atoms with Crippen LogP contribution in [-0.4, -0.2) is 46.0 Å². The number of benzene rings is 1. The number of fused-ring (bicyclic) bond motifs is 1. The first-order valence-corrected chi connectivity index (χ1v) is 7.10. The van der Waals surface area contributed by atoms with Crippen LogP contribution in [0.5, 0.6) is 0 Å². The number of halogens is 1. The molecule has 1 amide bonds. The number of imidazole rings is 1. The highest BCUT2D eigenvalue weighted by atomic mass is 35.5. The average molecular weight is 309 g/mol. The van der Waals surface area contributed by atoms with Crippen LogP contribution in [0.2, 0.25) is 0 Å². The van der Waals surface area contributed by atoms with Crippen LogP contribution in [0.1, 0.15) is 19.9 Å². The summed E-state index contributed by atoms with van der Waals surface area (Å²) < 4.78 is 1.96. The molecule has 6 heteroatoms. The molecule has 0 bridgehead atoms. The first-order chi connectivity index (χ1) is 9.66. The lowest BCUT2D eigenvalue weighted by Gasteiger charge is -2.33. The Morgan fingerprint density at radius 3 is 2.95 bits per heavy atom. The van der Waals surface area contributed by atoms with Gasteiger partial charge >= 0.3 is 0 Å². The van der Waals surface area contributed by atoms with Crippen molar-refractivity contribution in [1.82, 2.24) is 19.8 Å². The molecule has 3 rings (SSSR count). The normalized spacial score (nSPS) is 20.1. The van der Waals surface area contributed by atoms with E-state index in [4.69, 9.17) is 0 Å². The predicted molar refractivity (Wildman–Crippen MR) is 85.7 cm³/mol. The zero-order chi connectivity index (χ0) is 14.1. The second-order valence-corrected chi connectivity index (χ2v) is 5.46. The van der Waals surface area contributed by atoms with Gasteiger partial charge in [-0.25, -0.2) is 4.98 Å². The lowest BCUT2D eigenvalue weighted by Crippen LogP contribution is -2.52. The van der Waals surface area contributed by atoms with E-state index >= 15 is 0 Å². The number of nitrogens with zero attached hydrogens (tertiary/aromatic N) is 3. The largest absolute Gasteiger partial charge is 0.338 e. The highest BCUT2D eigenvalue weighted by molar-refractivity contribution is 5.85. The van der Waals surface area contributed by atoms with Gasteiger partial charge in [0.05, 0.1) is 17.4 Å². The molecule has 1 aromatic carbocycles. The summed E-state index contributed by atoms with van der Waals surface area (Å²) in [6.45, 7) is 6.47. The van der Waals surface area contributed by atoms with Crippen molar-refractivity contribution in [3.05, 3.63) is 30.6 Å². The minimum atomic E-state index is -0.215. The van der Waals surface area contributed by atoms with Gasteiger partial charge in [0.2, 0.25) is 5.91 Å². The number of amides is 1. The van der Waals surface area contributed by atoms with E-state index < -0.39 is 0 Å². The molecule has 0 spiro atoms. The predicted octanol–water partition coefficient (Wildman–Crippen LogP) is 1.84. The maximum atomic E-state index is 12.6. The van der Waals surface area contributed by atoms with Gasteiger partial charge in [-0.05, 0) is 26.0 Å². The van der Waals surface area contributed by atoms with Crippen molar-refractivity contribution in [3.63, 3.8) is 0 Å². The van der Waals surface area contributed by atoms with Gasteiger partial charge in [-0.3, -0.25) is 4.79 Å². The number of nitrogens with one attached hydrogen (secondary N) is 1. The monoisotopic (exact) mass is 308 g/mol. The summed E-state index contributed by atoms with van der Waals surface area (Å²) >= 11 is 0. The Balaban J connectivity index is 0.00000161. The fraction of sp³-hybridized carbons (Fsp3) is 0.467. The number of hydrogen-bond acceptors (Lipinski definition) is 3. The van der Waals surface area contributed by atoms with E-state index in [1.807, 2.05) is 40.7 Å². The Kier molecular flexibility index (Phi) is 4.85. The third-order valence-corrected chi connectivity index (χ3v) is 3.94. The molecule has 2 atom stereocenters. The molecule has 114 valence electrons. The number of rotatable bonds is 2. The lowest BCUT2D eigenvalue weighted by atomic mass is 10.2. The molecule has 1 fully saturated rings. The van der Waals surface area contributed by atoms with Gasteiger partial charge in [0.25, 0.3) is 0 Å². The van der Waals surface area contributed by atoms with E-state index in [9.17, 15) is 4.79 Å². The van der Waals surface area contributed by atoms with E-state index in [2.05, 4.69) is 17.2 Å². The summed E-state index contributed by atoms with van der Waals surface area (Å²) in [7, 11) is 0. The molecule has 0 aliphatic carbocycles. The molecular formula is C15H21ClN4O. The number of carbonyl (C=O) groups is 1. The molecule has 1 aliphatic rings. The smallest absolute Gasteiger partial charge is 0.245 e. The summed E-state index contributed by atoms with van der Waals surface area (Å²) in [5, 5.41) is 3.36. The molecule has 1 N–H and O–H groups in total. The Labute approximate surface area is 130 Å². The Hall–Kier alpha value is -1.59. The van der Waals surface area contributed by atoms with E-state index in [1.165, 1.54) is 0 Å². The SMILES string of the molecule is CC(C(=O)N1CCN[C@H](C)C1)n1cnc2ccccc21.Cl. The van der Waals surface area contributed by atoms with Crippen LogP contribution in [0.15, 0.2) is 30.6 Å². The second kappa shape index (κ2) is 6.45. The Morgan fingerprint density at radius 2 is 2.19 bits per heavy atom. The van der Waals surface area contributed by atoms with Crippen LogP contribution in [0, 0.1) is 0 Å². The molecule has 1 unspecified atom stereocenters. The van der Waals surface area contributed by atoms with Gasteiger partial charge in [-0.15, -0.1) is 12.4 Å². The van der Waals surface area contributed by atoms with Crippen molar-refractivity contribution >= 4 is 29.3 Å². The van der Waals surface area contributed by atoms with Gasteiger partial charge < -0.3 is 14.8 Å². The van der Waals surface area contributed by atoms with E-state index in [1.54, 1.807) is 6.33 Å². The molecule has 0 saturated carbocycles. The van der Waals surface area contributed by atoms with Gasteiger partial charge in [-0.1, -0.05) is 12.1 Å². The van der Waals surface area contributed by atoms with Gasteiger partial charge in [0.1, 0.15) is 6.04 Å². The third kappa shape index (κ3) is 3.04. The van der Waals surface area contributed by atoms with Crippen molar-refractivity contribution in [3.8, 4) is 0 Å². The zero-order valence-electron chi connectivity index (χ0n) is 12.3. The standard InChI is InChI=1S/C15H20N4O.ClH/c1-11-9-18(8-7-16-11)15(20)12(2)19-10-17-13-5-3-4-6-14(13)19;/h3-6,10-12,16H,7-9H2,1-2H3;1H/t11-,12?;/m1./s1. The molecule has 1 aliphatic heterocycles. The van der Waals surface area contributed by atoms with Gasteiger partial charge in [0, 0.05) is 25.7 Å².